The Labute approximate surface area is 160 Å². The van der Waals surface area contributed by atoms with E-state index in [0.717, 1.165) is 16.8 Å². The van der Waals surface area contributed by atoms with Crippen molar-refractivity contribution >= 4 is 27.0 Å². The third kappa shape index (κ3) is 4.06. The van der Waals surface area contributed by atoms with Gasteiger partial charge < -0.3 is 4.90 Å². The SMILES string of the molecule is CN(C)c1ccc(N(C)S(=O)(=O)c2cccc(C3=CCC(F)C=C3)c2)cc1. The van der Waals surface area contributed by atoms with Crippen molar-refractivity contribution < 1.29 is 12.8 Å². The van der Waals surface area contributed by atoms with E-state index in [4.69, 9.17) is 0 Å². The van der Waals surface area contributed by atoms with Crippen molar-refractivity contribution in [3.8, 4) is 0 Å². The van der Waals surface area contributed by atoms with Gasteiger partial charge in [-0.3, -0.25) is 4.31 Å². The zero-order valence-corrected chi connectivity index (χ0v) is 16.4. The molecule has 2 aromatic rings. The van der Waals surface area contributed by atoms with Crippen molar-refractivity contribution in [1.29, 1.82) is 0 Å². The van der Waals surface area contributed by atoms with E-state index in [1.165, 1.54) is 10.4 Å². The summed E-state index contributed by atoms with van der Waals surface area (Å²) < 4.78 is 40.7. The van der Waals surface area contributed by atoms with Gasteiger partial charge in [0.15, 0.2) is 0 Å². The van der Waals surface area contributed by atoms with E-state index in [-0.39, 0.29) is 4.90 Å². The van der Waals surface area contributed by atoms with Crippen LogP contribution in [0.5, 0.6) is 0 Å². The molecule has 0 spiro atoms. The number of alkyl halides is 1. The zero-order chi connectivity index (χ0) is 19.6. The molecule has 6 heteroatoms. The Balaban J connectivity index is 1.90. The van der Waals surface area contributed by atoms with Crippen LogP contribution >= 0.6 is 0 Å². The monoisotopic (exact) mass is 386 g/mol. The molecule has 0 heterocycles. The average molecular weight is 386 g/mol. The normalized spacial score (nSPS) is 16.7. The van der Waals surface area contributed by atoms with E-state index >= 15 is 0 Å². The van der Waals surface area contributed by atoms with Crippen molar-refractivity contribution in [2.24, 2.45) is 0 Å². The second-order valence-corrected chi connectivity index (χ2v) is 8.65. The topological polar surface area (TPSA) is 40.6 Å². The number of nitrogens with zero attached hydrogens (tertiary/aromatic N) is 2. The number of rotatable bonds is 5. The maximum atomic E-state index is 13.3. The van der Waals surface area contributed by atoms with Gasteiger partial charge in [0, 0.05) is 33.3 Å². The summed E-state index contributed by atoms with van der Waals surface area (Å²) in [5, 5.41) is 0. The molecule has 3 rings (SSSR count). The number of hydrogen-bond acceptors (Lipinski definition) is 3. The molecule has 27 heavy (non-hydrogen) atoms. The molecule has 1 atom stereocenters. The predicted octanol–water partition coefficient (Wildman–Crippen LogP) is 4.26. The molecule has 4 nitrogen and oxygen atoms in total. The molecule has 0 radical (unpaired) electrons. The Morgan fingerprint density at radius 1 is 1.00 bits per heavy atom. The Hall–Kier alpha value is -2.60. The number of sulfonamides is 1. The van der Waals surface area contributed by atoms with E-state index in [1.807, 2.05) is 37.2 Å². The lowest BCUT2D eigenvalue weighted by Crippen LogP contribution is -2.26. The lowest BCUT2D eigenvalue weighted by molar-refractivity contribution is 0.402. The van der Waals surface area contributed by atoms with Gasteiger partial charge in [0.2, 0.25) is 0 Å². The van der Waals surface area contributed by atoms with Gasteiger partial charge in [0.25, 0.3) is 10.0 Å². The first-order valence-corrected chi connectivity index (χ1v) is 10.1. The van der Waals surface area contributed by atoms with Gasteiger partial charge in [-0.1, -0.05) is 24.3 Å². The van der Waals surface area contributed by atoms with Crippen molar-refractivity contribution in [3.05, 3.63) is 72.3 Å². The smallest absolute Gasteiger partial charge is 0.264 e. The van der Waals surface area contributed by atoms with Gasteiger partial charge in [0.1, 0.15) is 6.17 Å². The van der Waals surface area contributed by atoms with Crippen LogP contribution in [0.2, 0.25) is 0 Å². The standard InChI is InChI=1S/C21H23FN2O2S/c1-23(2)19-11-13-20(14-12-19)24(3)27(25,26)21-6-4-5-17(15-21)16-7-9-18(22)10-8-16/h4-9,11-15,18H,10H2,1-3H3. The van der Waals surface area contributed by atoms with Crippen LogP contribution in [0.25, 0.3) is 5.57 Å². The van der Waals surface area contributed by atoms with Crippen LogP contribution in [-0.4, -0.2) is 35.7 Å². The van der Waals surface area contributed by atoms with Crippen molar-refractivity contribution in [1.82, 2.24) is 0 Å². The highest BCUT2D eigenvalue weighted by Gasteiger charge is 2.22. The van der Waals surface area contributed by atoms with Crippen LogP contribution in [0.3, 0.4) is 0 Å². The third-order valence-corrected chi connectivity index (χ3v) is 6.38. The van der Waals surface area contributed by atoms with Gasteiger partial charge in [-0.15, -0.1) is 0 Å². The number of hydrogen-bond donors (Lipinski definition) is 0. The zero-order valence-electron chi connectivity index (χ0n) is 15.6. The maximum Gasteiger partial charge on any atom is 0.264 e. The van der Waals surface area contributed by atoms with Crippen LogP contribution in [0, 0.1) is 0 Å². The Bertz CT molecular complexity index is 979. The first-order valence-electron chi connectivity index (χ1n) is 8.68. The molecule has 0 N–H and O–H groups in total. The summed E-state index contributed by atoms with van der Waals surface area (Å²) in [6, 6.07) is 14.1. The van der Waals surface area contributed by atoms with Crippen LogP contribution < -0.4 is 9.21 Å². The molecule has 0 amide bonds. The fourth-order valence-corrected chi connectivity index (χ4v) is 4.14. The molecule has 1 aliphatic rings. The number of allylic oxidation sites excluding steroid dienone is 4. The number of benzene rings is 2. The van der Waals surface area contributed by atoms with Crippen LogP contribution in [0.1, 0.15) is 12.0 Å². The molecular weight excluding hydrogens is 363 g/mol. The van der Waals surface area contributed by atoms with Gasteiger partial charge in [-0.05, 0) is 53.6 Å². The van der Waals surface area contributed by atoms with Crippen molar-refractivity contribution in [3.63, 3.8) is 0 Å². The van der Waals surface area contributed by atoms with Crippen LogP contribution in [-0.2, 0) is 10.0 Å². The van der Waals surface area contributed by atoms with E-state index in [9.17, 15) is 12.8 Å². The summed E-state index contributed by atoms with van der Waals surface area (Å²) in [6.45, 7) is 0. The predicted molar refractivity (Wildman–Crippen MR) is 109 cm³/mol. The van der Waals surface area contributed by atoms with Crippen molar-refractivity contribution in [2.75, 3.05) is 30.3 Å². The lowest BCUT2D eigenvalue weighted by Gasteiger charge is -2.21. The summed E-state index contributed by atoms with van der Waals surface area (Å²) in [6.07, 6.45) is 4.32. The highest BCUT2D eigenvalue weighted by Crippen LogP contribution is 2.28. The number of anilines is 2. The first kappa shape index (κ1) is 19.2. The Morgan fingerprint density at radius 3 is 2.26 bits per heavy atom. The minimum absolute atomic E-state index is 0.204. The van der Waals surface area contributed by atoms with E-state index < -0.39 is 16.2 Å². The summed E-state index contributed by atoms with van der Waals surface area (Å²) >= 11 is 0. The molecule has 0 fully saturated rings. The second kappa shape index (κ2) is 7.56. The fraction of sp³-hybridized carbons (Fsp3) is 0.238. The lowest BCUT2D eigenvalue weighted by atomic mass is 9.99. The summed E-state index contributed by atoms with van der Waals surface area (Å²) in [5.41, 5.74) is 3.17. The fourth-order valence-electron chi connectivity index (χ4n) is 2.90. The average Bonchev–Trinajstić information content (AvgIpc) is 2.68. The van der Waals surface area contributed by atoms with Crippen molar-refractivity contribution in [2.45, 2.75) is 17.5 Å². The van der Waals surface area contributed by atoms with E-state index in [2.05, 4.69) is 0 Å². The maximum absolute atomic E-state index is 13.3. The van der Waals surface area contributed by atoms with Crippen LogP contribution in [0.15, 0.2) is 71.7 Å². The minimum Gasteiger partial charge on any atom is -0.378 e. The first-order chi connectivity index (χ1) is 12.8. The van der Waals surface area contributed by atoms with Gasteiger partial charge in [0.05, 0.1) is 10.6 Å². The highest BCUT2D eigenvalue weighted by atomic mass is 32.2. The molecule has 1 unspecified atom stereocenters. The molecule has 1 aliphatic carbocycles. The number of halogens is 1. The van der Waals surface area contributed by atoms with Gasteiger partial charge >= 0.3 is 0 Å². The second-order valence-electron chi connectivity index (χ2n) is 6.68. The third-order valence-electron chi connectivity index (χ3n) is 4.60. The van der Waals surface area contributed by atoms with E-state index in [0.29, 0.717) is 12.1 Å². The van der Waals surface area contributed by atoms with E-state index in [1.54, 1.807) is 49.5 Å². The Morgan fingerprint density at radius 2 is 1.67 bits per heavy atom. The molecule has 142 valence electrons. The minimum atomic E-state index is -3.70. The highest BCUT2D eigenvalue weighted by molar-refractivity contribution is 7.92. The Kier molecular flexibility index (Phi) is 5.37. The molecule has 0 aliphatic heterocycles. The van der Waals surface area contributed by atoms with Gasteiger partial charge in [-0.25, -0.2) is 12.8 Å². The summed E-state index contributed by atoms with van der Waals surface area (Å²) in [4.78, 5) is 2.16. The molecule has 2 aromatic carbocycles. The molecule has 0 saturated carbocycles. The summed E-state index contributed by atoms with van der Waals surface area (Å²) in [7, 11) is 1.70. The van der Waals surface area contributed by atoms with Gasteiger partial charge in [-0.2, -0.15) is 0 Å². The largest absolute Gasteiger partial charge is 0.378 e. The summed E-state index contributed by atoms with van der Waals surface area (Å²) in [5.74, 6) is 0. The molecule has 0 bridgehead atoms. The molecular formula is C21H23FN2O2S. The molecule has 0 aromatic heterocycles. The quantitative estimate of drug-likeness (QED) is 0.771. The van der Waals surface area contributed by atoms with Crippen LogP contribution in [0.4, 0.5) is 15.8 Å². The molecule has 0 saturated heterocycles.